The van der Waals surface area contributed by atoms with Crippen LogP contribution in [-0.4, -0.2) is 53.0 Å². The van der Waals surface area contributed by atoms with Gasteiger partial charge in [0.2, 0.25) is 17.7 Å². The molecule has 0 aliphatic heterocycles. The van der Waals surface area contributed by atoms with Gasteiger partial charge in [0.25, 0.3) is 0 Å². The van der Waals surface area contributed by atoms with Gasteiger partial charge in [0.05, 0.1) is 6.04 Å². The highest BCUT2D eigenvalue weighted by Gasteiger charge is 2.33. The number of carboxylic acids is 1. The summed E-state index contributed by atoms with van der Waals surface area (Å²) in [6.07, 6.45) is 1.06. The van der Waals surface area contributed by atoms with Gasteiger partial charge in [-0.3, -0.25) is 14.4 Å². The number of amides is 3. The molecule has 206 valence electrons. The van der Waals surface area contributed by atoms with E-state index >= 15 is 0 Å². The number of nitrogens with one attached hydrogen (secondary N) is 3. The minimum Gasteiger partial charge on any atom is -0.480 e. The first kappa shape index (κ1) is 30.5. The fourth-order valence-corrected chi connectivity index (χ4v) is 4.01. The molecule has 0 heterocycles. The van der Waals surface area contributed by atoms with Crippen LogP contribution in [0.15, 0.2) is 60.7 Å². The predicted molar refractivity (Wildman–Crippen MR) is 146 cm³/mol. The van der Waals surface area contributed by atoms with Crippen LogP contribution in [0.25, 0.3) is 0 Å². The average Bonchev–Trinajstić information content (AvgIpc) is 2.89. The molecule has 0 fully saturated rings. The minimum atomic E-state index is -1.16. The smallest absolute Gasteiger partial charge is 0.326 e. The van der Waals surface area contributed by atoms with Gasteiger partial charge in [-0.05, 0) is 29.4 Å². The van der Waals surface area contributed by atoms with Crippen LogP contribution < -0.4 is 21.7 Å². The van der Waals surface area contributed by atoms with E-state index in [9.17, 15) is 24.3 Å². The Morgan fingerprint density at radius 2 is 1.24 bits per heavy atom. The number of hydrogen-bond acceptors (Lipinski definition) is 5. The number of nitrogens with two attached hydrogens (primary N) is 1. The normalized spacial score (nSPS) is 15.0. The molecule has 6 N–H and O–H groups in total. The second-order valence-electron chi connectivity index (χ2n) is 9.99. The maximum absolute atomic E-state index is 13.5. The van der Waals surface area contributed by atoms with Crippen molar-refractivity contribution in [2.75, 3.05) is 0 Å². The number of carbonyl (C=O) groups is 4. The molecule has 0 saturated heterocycles. The monoisotopic (exact) mass is 524 g/mol. The molecule has 0 aliphatic carbocycles. The number of benzene rings is 2. The lowest BCUT2D eigenvalue weighted by molar-refractivity contribution is -0.143. The van der Waals surface area contributed by atoms with E-state index in [1.807, 2.05) is 74.5 Å². The van der Waals surface area contributed by atoms with Crippen LogP contribution in [0, 0.1) is 11.8 Å². The first-order valence-electron chi connectivity index (χ1n) is 13.0. The highest BCUT2D eigenvalue weighted by Crippen LogP contribution is 2.12. The molecule has 0 saturated carbocycles. The van der Waals surface area contributed by atoms with Gasteiger partial charge in [-0.25, -0.2) is 4.79 Å². The molecule has 2 rings (SSSR count). The first-order chi connectivity index (χ1) is 18.0. The average molecular weight is 525 g/mol. The third kappa shape index (κ3) is 9.30. The predicted octanol–water partition coefficient (Wildman–Crippen LogP) is 2.04. The van der Waals surface area contributed by atoms with Crippen molar-refractivity contribution >= 4 is 23.7 Å². The summed E-state index contributed by atoms with van der Waals surface area (Å²) in [7, 11) is 0. The van der Waals surface area contributed by atoms with Gasteiger partial charge in [-0.15, -0.1) is 0 Å². The van der Waals surface area contributed by atoms with Crippen LogP contribution in [0.3, 0.4) is 0 Å². The quantitative estimate of drug-likeness (QED) is 0.255. The largest absolute Gasteiger partial charge is 0.480 e. The zero-order chi connectivity index (χ0) is 28.2. The molecular formula is C29H40N4O5. The summed E-state index contributed by atoms with van der Waals surface area (Å²) in [5.41, 5.74) is 7.83. The molecule has 2 aromatic carbocycles. The first-order valence-corrected chi connectivity index (χ1v) is 13.0. The summed E-state index contributed by atoms with van der Waals surface area (Å²) < 4.78 is 0. The van der Waals surface area contributed by atoms with E-state index in [0.29, 0.717) is 12.8 Å². The topological polar surface area (TPSA) is 151 Å². The third-order valence-corrected chi connectivity index (χ3v) is 6.57. The number of carbonyl (C=O) groups excluding carboxylic acids is 3. The van der Waals surface area contributed by atoms with Gasteiger partial charge in [-0.1, -0.05) is 94.8 Å². The molecule has 5 atom stereocenters. The fraction of sp³-hybridized carbons (Fsp3) is 0.448. The number of hydrogen-bond donors (Lipinski definition) is 5. The van der Waals surface area contributed by atoms with E-state index < -0.39 is 47.9 Å². The Hall–Kier alpha value is -3.72. The molecule has 38 heavy (non-hydrogen) atoms. The molecule has 9 heteroatoms. The van der Waals surface area contributed by atoms with Gasteiger partial charge >= 0.3 is 5.97 Å². The summed E-state index contributed by atoms with van der Waals surface area (Å²) in [4.78, 5) is 51.3. The van der Waals surface area contributed by atoms with Gasteiger partial charge in [0, 0.05) is 6.42 Å². The zero-order valence-electron chi connectivity index (χ0n) is 22.5. The maximum Gasteiger partial charge on any atom is 0.326 e. The van der Waals surface area contributed by atoms with Crippen LogP contribution in [0.5, 0.6) is 0 Å². The summed E-state index contributed by atoms with van der Waals surface area (Å²) in [5.74, 6) is -3.38. The molecule has 3 amide bonds. The van der Waals surface area contributed by atoms with Crippen molar-refractivity contribution in [3.05, 3.63) is 71.8 Å². The molecule has 0 spiro atoms. The van der Waals surface area contributed by atoms with Gasteiger partial charge in [0.15, 0.2) is 0 Å². The maximum atomic E-state index is 13.5. The molecule has 5 unspecified atom stereocenters. The minimum absolute atomic E-state index is 0.150. The van der Waals surface area contributed by atoms with Crippen LogP contribution in [0.2, 0.25) is 0 Å². The van der Waals surface area contributed by atoms with E-state index in [-0.39, 0.29) is 18.3 Å². The Labute approximate surface area is 224 Å². The van der Waals surface area contributed by atoms with Gasteiger partial charge in [0.1, 0.15) is 18.1 Å². The van der Waals surface area contributed by atoms with Crippen molar-refractivity contribution in [1.82, 2.24) is 16.0 Å². The van der Waals surface area contributed by atoms with Crippen molar-refractivity contribution in [3.63, 3.8) is 0 Å². The molecule has 0 bridgehead atoms. The van der Waals surface area contributed by atoms with Crippen LogP contribution >= 0.6 is 0 Å². The van der Waals surface area contributed by atoms with Crippen LogP contribution in [0.1, 0.15) is 45.2 Å². The zero-order valence-corrected chi connectivity index (χ0v) is 22.5. The molecule has 0 radical (unpaired) electrons. The lowest BCUT2D eigenvalue weighted by atomic mass is 9.96. The van der Waals surface area contributed by atoms with E-state index in [2.05, 4.69) is 16.0 Å². The second kappa shape index (κ2) is 14.9. The van der Waals surface area contributed by atoms with Crippen molar-refractivity contribution < 1.29 is 24.3 Å². The van der Waals surface area contributed by atoms with Crippen molar-refractivity contribution in [3.8, 4) is 0 Å². The second-order valence-corrected chi connectivity index (χ2v) is 9.99. The highest BCUT2D eigenvalue weighted by molar-refractivity contribution is 5.94. The molecular weight excluding hydrogens is 484 g/mol. The Kier molecular flexibility index (Phi) is 11.9. The van der Waals surface area contributed by atoms with E-state index in [1.165, 1.54) is 0 Å². The van der Waals surface area contributed by atoms with Crippen molar-refractivity contribution in [2.45, 2.75) is 71.1 Å². The van der Waals surface area contributed by atoms with Crippen LogP contribution in [-0.2, 0) is 32.0 Å². The van der Waals surface area contributed by atoms with Crippen LogP contribution in [0.4, 0.5) is 0 Å². The Balaban J connectivity index is 2.21. The summed E-state index contributed by atoms with van der Waals surface area (Å²) in [5, 5.41) is 17.6. The number of carboxylic acid groups (broad SMARTS) is 1. The summed E-state index contributed by atoms with van der Waals surface area (Å²) in [6, 6.07) is 14.5. The van der Waals surface area contributed by atoms with Gasteiger partial charge < -0.3 is 26.8 Å². The van der Waals surface area contributed by atoms with Gasteiger partial charge in [-0.2, -0.15) is 0 Å². The Bertz CT molecular complexity index is 1060. The SMILES string of the molecule is CCC(C)C(NC(=O)C(N)Cc1ccccc1)C(=O)NC(Cc1ccccc1)C(=O)NC(C(=O)O)C(C)C. The third-order valence-electron chi connectivity index (χ3n) is 6.57. The summed E-state index contributed by atoms with van der Waals surface area (Å²) in [6.45, 7) is 7.11. The fourth-order valence-electron chi connectivity index (χ4n) is 4.01. The molecule has 0 aliphatic rings. The standard InChI is InChI=1S/C29H40N4O5/c1-5-19(4)25(33-26(34)22(30)16-20-12-8-6-9-13-20)28(36)31-23(17-21-14-10-7-11-15-21)27(35)32-24(18(2)3)29(37)38/h6-15,18-19,22-25H,5,16-17,30H2,1-4H3,(H,31,36)(H,32,35)(H,33,34)(H,37,38). The lowest BCUT2D eigenvalue weighted by Crippen LogP contribution is -2.59. The number of aliphatic carboxylic acids is 1. The Morgan fingerprint density at radius 1 is 0.737 bits per heavy atom. The Morgan fingerprint density at radius 3 is 1.71 bits per heavy atom. The summed E-state index contributed by atoms with van der Waals surface area (Å²) >= 11 is 0. The highest BCUT2D eigenvalue weighted by atomic mass is 16.4. The molecule has 9 nitrogen and oxygen atoms in total. The van der Waals surface area contributed by atoms with Crippen molar-refractivity contribution in [1.29, 1.82) is 0 Å². The number of rotatable bonds is 14. The van der Waals surface area contributed by atoms with E-state index in [1.54, 1.807) is 13.8 Å². The van der Waals surface area contributed by atoms with E-state index in [0.717, 1.165) is 11.1 Å². The lowest BCUT2D eigenvalue weighted by Gasteiger charge is -2.28. The van der Waals surface area contributed by atoms with Crippen molar-refractivity contribution in [2.24, 2.45) is 17.6 Å². The van der Waals surface area contributed by atoms with E-state index in [4.69, 9.17) is 5.73 Å². The molecule has 0 aromatic heterocycles. The molecule has 2 aromatic rings.